The third-order valence-electron chi connectivity index (χ3n) is 2.75. The molecular weight excluding hydrogens is 322 g/mol. The Labute approximate surface area is 137 Å². The van der Waals surface area contributed by atoms with Crippen LogP contribution >= 0.6 is 23.4 Å². The molecule has 0 aliphatic rings. The first-order chi connectivity index (χ1) is 10.6. The van der Waals surface area contributed by atoms with Gasteiger partial charge in [0.25, 0.3) is 0 Å². The quantitative estimate of drug-likeness (QED) is 0.480. The smallest absolute Gasteiger partial charge is 0.316 e. The number of ketones is 1. The number of hydrogen-bond acceptors (Lipinski definition) is 4. The second-order valence-electron chi connectivity index (χ2n) is 4.36. The molecule has 1 aromatic heterocycles. The summed E-state index contributed by atoms with van der Waals surface area (Å²) >= 11 is 7.19. The second kappa shape index (κ2) is 7.82. The summed E-state index contributed by atoms with van der Waals surface area (Å²) in [7, 11) is 0. The first-order valence-corrected chi connectivity index (χ1v) is 7.86. The zero-order valence-corrected chi connectivity index (χ0v) is 13.2. The molecule has 0 saturated carbocycles. The number of thioether (sulfide) groups is 1. The van der Waals surface area contributed by atoms with E-state index in [2.05, 4.69) is 10.3 Å². The number of pyridine rings is 1. The van der Waals surface area contributed by atoms with Gasteiger partial charge in [0.15, 0.2) is 5.78 Å². The maximum Gasteiger partial charge on any atom is 0.316 e. The van der Waals surface area contributed by atoms with Gasteiger partial charge in [-0.1, -0.05) is 41.9 Å². The minimum Gasteiger partial charge on any atom is -0.351 e. The molecule has 7 heteroatoms. The van der Waals surface area contributed by atoms with Gasteiger partial charge in [-0.25, -0.2) is 9.78 Å². The van der Waals surface area contributed by atoms with E-state index in [1.54, 1.807) is 24.3 Å². The number of nitrogens with two attached hydrogens (primary N) is 1. The Kier molecular flexibility index (Phi) is 5.80. The molecule has 0 spiro atoms. The van der Waals surface area contributed by atoms with Crippen molar-refractivity contribution in [3.8, 4) is 0 Å². The van der Waals surface area contributed by atoms with E-state index in [-0.39, 0.29) is 5.78 Å². The predicted octanol–water partition coefficient (Wildman–Crippen LogP) is 3.59. The molecule has 5 nitrogen and oxygen atoms in total. The highest BCUT2D eigenvalue weighted by atomic mass is 35.5. The van der Waals surface area contributed by atoms with Crippen LogP contribution in [0.3, 0.4) is 0 Å². The van der Waals surface area contributed by atoms with E-state index in [0.29, 0.717) is 33.6 Å². The molecule has 0 bridgehead atoms. The molecule has 0 unspecified atom stereocenters. The highest BCUT2D eigenvalue weighted by Gasteiger charge is 2.10. The molecule has 114 valence electrons. The van der Waals surface area contributed by atoms with Crippen molar-refractivity contribution in [3.05, 3.63) is 53.2 Å². The van der Waals surface area contributed by atoms with Gasteiger partial charge in [0.1, 0.15) is 10.2 Å². The zero-order valence-electron chi connectivity index (χ0n) is 11.6. The number of amides is 2. The molecule has 0 saturated heterocycles. The lowest BCUT2D eigenvalue weighted by Gasteiger charge is -2.08. The summed E-state index contributed by atoms with van der Waals surface area (Å²) in [6, 6.07) is 11.6. The minimum absolute atomic E-state index is 0.0551. The van der Waals surface area contributed by atoms with Crippen LogP contribution in [0, 0.1) is 0 Å². The maximum absolute atomic E-state index is 12.0. The monoisotopic (exact) mass is 335 g/mol. The maximum atomic E-state index is 12.0. The van der Waals surface area contributed by atoms with Crippen LogP contribution in [0.25, 0.3) is 0 Å². The molecule has 0 aliphatic carbocycles. The number of nitrogens with one attached hydrogen (secondary N) is 1. The molecule has 0 fully saturated rings. The Morgan fingerprint density at radius 2 is 1.91 bits per heavy atom. The van der Waals surface area contributed by atoms with E-state index in [4.69, 9.17) is 17.3 Å². The van der Waals surface area contributed by atoms with Gasteiger partial charge in [-0.05, 0) is 12.1 Å². The van der Waals surface area contributed by atoms with E-state index < -0.39 is 6.03 Å². The van der Waals surface area contributed by atoms with Crippen LogP contribution < -0.4 is 11.1 Å². The summed E-state index contributed by atoms with van der Waals surface area (Å²) in [5, 5.41) is 3.33. The molecule has 1 aromatic carbocycles. The predicted molar refractivity (Wildman–Crippen MR) is 88.6 cm³/mol. The van der Waals surface area contributed by atoms with Crippen LogP contribution in [0.5, 0.6) is 0 Å². The standard InChI is InChI=1S/C15H14ClN3O2S/c16-13-7-6-11(18-15(17)21)14(19-13)22-9-8-12(20)10-4-2-1-3-5-10/h1-7H,8-9H2,(H3,17,18,21). The number of hydrogen-bond donors (Lipinski definition) is 2. The normalized spacial score (nSPS) is 10.2. The number of nitrogens with zero attached hydrogens (tertiary/aromatic N) is 1. The third-order valence-corrected chi connectivity index (χ3v) is 3.95. The summed E-state index contributed by atoms with van der Waals surface area (Å²) in [6.07, 6.45) is 0.360. The molecule has 3 N–H and O–H groups in total. The van der Waals surface area contributed by atoms with Crippen molar-refractivity contribution in [1.29, 1.82) is 0 Å². The van der Waals surface area contributed by atoms with Crippen molar-refractivity contribution in [3.63, 3.8) is 0 Å². The Bertz CT molecular complexity index is 680. The number of primary amides is 1. The van der Waals surface area contributed by atoms with E-state index in [1.807, 2.05) is 18.2 Å². The van der Waals surface area contributed by atoms with Gasteiger partial charge in [0.05, 0.1) is 5.69 Å². The van der Waals surface area contributed by atoms with Crippen LogP contribution in [0.1, 0.15) is 16.8 Å². The fraction of sp³-hybridized carbons (Fsp3) is 0.133. The fourth-order valence-corrected chi connectivity index (χ4v) is 2.88. The zero-order chi connectivity index (χ0) is 15.9. The number of halogens is 1. The lowest BCUT2D eigenvalue weighted by molar-refractivity contribution is 0.0989. The number of rotatable bonds is 6. The summed E-state index contributed by atoms with van der Waals surface area (Å²) in [4.78, 5) is 27.1. The van der Waals surface area contributed by atoms with Gasteiger partial charge in [-0.3, -0.25) is 4.79 Å². The summed E-state index contributed by atoms with van der Waals surface area (Å²) in [6.45, 7) is 0. The van der Waals surface area contributed by atoms with Crippen molar-refractivity contribution in [1.82, 2.24) is 4.98 Å². The number of Topliss-reactive ketones (excluding diaryl/α,β-unsaturated/α-hetero) is 1. The van der Waals surface area contributed by atoms with Gasteiger partial charge in [-0.15, -0.1) is 11.8 Å². The average Bonchev–Trinajstić information content (AvgIpc) is 2.50. The van der Waals surface area contributed by atoms with Crippen molar-refractivity contribution in [2.24, 2.45) is 5.73 Å². The van der Waals surface area contributed by atoms with Crippen molar-refractivity contribution < 1.29 is 9.59 Å². The molecule has 0 aliphatic heterocycles. The van der Waals surface area contributed by atoms with Crippen LogP contribution in [-0.4, -0.2) is 22.6 Å². The Balaban J connectivity index is 1.98. The van der Waals surface area contributed by atoms with Crippen molar-refractivity contribution in [2.45, 2.75) is 11.4 Å². The molecule has 0 radical (unpaired) electrons. The van der Waals surface area contributed by atoms with E-state index in [0.717, 1.165) is 0 Å². The molecule has 0 atom stereocenters. The highest BCUT2D eigenvalue weighted by molar-refractivity contribution is 7.99. The van der Waals surface area contributed by atoms with Crippen LogP contribution in [0.15, 0.2) is 47.5 Å². The van der Waals surface area contributed by atoms with Crippen LogP contribution in [-0.2, 0) is 0 Å². The second-order valence-corrected chi connectivity index (χ2v) is 5.83. The van der Waals surface area contributed by atoms with Gasteiger partial charge < -0.3 is 11.1 Å². The summed E-state index contributed by atoms with van der Waals surface area (Å²) in [5.74, 6) is 0.577. The number of anilines is 1. The van der Waals surface area contributed by atoms with E-state index in [1.165, 1.54) is 11.8 Å². The van der Waals surface area contributed by atoms with Gasteiger partial charge in [-0.2, -0.15) is 0 Å². The largest absolute Gasteiger partial charge is 0.351 e. The minimum atomic E-state index is -0.675. The van der Waals surface area contributed by atoms with Crippen molar-refractivity contribution >= 4 is 40.9 Å². The third kappa shape index (κ3) is 4.75. The molecular formula is C15H14ClN3O2S. The fourth-order valence-electron chi connectivity index (χ4n) is 1.76. The first-order valence-electron chi connectivity index (χ1n) is 6.50. The SMILES string of the molecule is NC(=O)Nc1ccc(Cl)nc1SCCC(=O)c1ccccc1. The van der Waals surface area contributed by atoms with Crippen LogP contribution in [0.4, 0.5) is 10.5 Å². The molecule has 2 rings (SSSR count). The van der Waals surface area contributed by atoms with E-state index >= 15 is 0 Å². The first kappa shape index (κ1) is 16.3. The number of urea groups is 1. The van der Waals surface area contributed by atoms with Crippen LogP contribution in [0.2, 0.25) is 5.15 Å². The highest BCUT2D eigenvalue weighted by Crippen LogP contribution is 2.27. The number of carbonyl (C=O) groups excluding carboxylic acids is 2. The van der Waals surface area contributed by atoms with Gasteiger partial charge in [0, 0.05) is 17.7 Å². The topological polar surface area (TPSA) is 85.1 Å². The Morgan fingerprint density at radius 1 is 1.18 bits per heavy atom. The Hall–Kier alpha value is -2.05. The molecule has 22 heavy (non-hydrogen) atoms. The van der Waals surface area contributed by atoms with Gasteiger partial charge >= 0.3 is 6.03 Å². The average molecular weight is 336 g/mol. The molecule has 2 aromatic rings. The van der Waals surface area contributed by atoms with Gasteiger partial charge in [0.2, 0.25) is 0 Å². The molecule has 2 amide bonds. The summed E-state index contributed by atoms with van der Waals surface area (Å²) in [5.41, 5.74) is 6.27. The summed E-state index contributed by atoms with van der Waals surface area (Å²) < 4.78 is 0. The lowest BCUT2D eigenvalue weighted by Crippen LogP contribution is -2.20. The number of benzene rings is 1. The number of carbonyl (C=O) groups is 2. The van der Waals surface area contributed by atoms with E-state index in [9.17, 15) is 9.59 Å². The van der Waals surface area contributed by atoms with Crippen molar-refractivity contribution in [2.75, 3.05) is 11.1 Å². The number of aromatic nitrogens is 1. The molecule has 1 heterocycles. The Morgan fingerprint density at radius 3 is 2.59 bits per heavy atom. The lowest BCUT2D eigenvalue weighted by atomic mass is 10.1.